The van der Waals surface area contributed by atoms with Crippen LogP contribution in [0.2, 0.25) is 0 Å². The van der Waals surface area contributed by atoms with Gasteiger partial charge in [0.2, 0.25) is 0 Å². The van der Waals surface area contributed by atoms with Crippen LogP contribution in [0, 0.1) is 5.92 Å². The fourth-order valence-corrected chi connectivity index (χ4v) is 3.28. The van der Waals surface area contributed by atoms with Gasteiger partial charge in [0.1, 0.15) is 0 Å². The summed E-state index contributed by atoms with van der Waals surface area (Å²) >= 11 is 0. The summed E-state index contributed by atoms with van der Waals surface area (Å²) in [5, 5.41) is 11.9. The summed E-state index contributed by atoms with van der Waals surface area (Å²) in [6, 6.07) is -0.130. The molecule has 0 aromatic rings. The average Bonchev–Trinajstić information content (AvgIpc) is 2.38. The molecule has 1 heterocycles. The van der Waals surface area contributed by atoms with Gasteiger partial charge in [0.15, 0.2) is 0 Å². The lowest BCUT2D eigenvalue weighted by Crippen LogP contribution is -2.58. The first-order valence-electron chi connectivity index (χ1n) is 7.84. The number of urea groups is 1. The number of likely N-dealkylation sites (tertiary alicyclic amines) is 1. The summed E-state index contributed by atoms with van der Waals surface area (Å²) in [4.78, 5) is 27.3. The van der Waals surface area contributed by atoms with E-state index in [4.69, 9.17) is 5.11 Å². The number of hydrogen-bond acceptors (Lipinski definition) is 3. The molecule has 0 radical (unpaired) electrons. The molecule has 0 aromatic carbocycles. The molecule has 1 saturated carbocycles. The minimum absolute atomic E-state index is 0.0286. The van der Waals surface area contributed by atoms with Crippen LogP contribution in [0.1, 0.15) is 38.5 Å². The Morgan fingerprint density at radius 3 is 2.43 bits per heavy atom. The van der Waals surface area contributed by atoms with Crippen molar-refractivity contribution in [3.8, 4) is 0 Å². The Morgan fingerprint density at radius 1 is 1.33 bits per heavy atom. The van der Waals surface area contributed by atoms with E-state index in [2.05, 4.69) is 17.3 Å². The van der Waals surface area contributed by atoms with Crippen molar-refractivity contribution in [1.82, 2.24) is 15.1 Å². The molecular weight excluding hydrogens is 270 g/mol. The van der Waals surface area contributed by atoms with E-state index in [9.17, 15) is 9.59 Å². The number of carbonyl (C=O) groups excluding carboxylic acids is 1. The van der Waals surface area contributed by atoms with Crippen molar-refractivity contribution in [3.05, 3.63) is 0 Å². The predicted octanol–water partition coefficient (Wildman–Crippen LogP) is 1.37. The van der Waals surface area contributed by atoms with E-state index in [0.717, 1.165) is 51.7 Å². The monoisotopic (exact) mass is 297 g/mol. The fourth-order valence-electron chi connectivity index (χ4n) is 3.28. The van der Waals surface area contributed by atoms with E-state index in [-0.39, 0.29) is 12.5 Å². The van der Waals surface area contributed by atoms with E-state index < -0.39 is 11.5 Å². The zero-order valence-corrected chi connectivity index (χ0v) is 13.1. The van der Waals surface area contributed by atoms with Gasteiger partial charge in [-0.15, -0.1) is 0 Å². The van der Waals surface area contributed by atoms with Crippen LogP contribution in [-0.4, -0.2) is 66.2 Å². The second-order valence-electron chi connectivity index (χ2n) is 6.76. The van der Waals surface area contributed by atoms with E-state index in [1.165, 1.54) is 0 Å². The molecule has 0 bridgehead atoms. The van der Waals surface area contributed by atoms with Gasteiger partial charge in [-0.05, 0) is 58.2 Å². The molecule has 6 heteroatoms. The molecule has 0 aromatic heterocycles. The standard InChI is InChI=1S/C15H27N3O3/c1-17-8-4-12(5-9-17)11-18(2)14(21)16-15(6-3-7-15)10-13(19)20/h12H,3-11H2,1-2H3,(H,16,21)(H,19,20). The molecule has 1 aliphatic heterocycles. The summed E-state index contributed by atoms with van der Waals surface area (Å²) in [6.45, 7) is 2.93. The van der Waals surface area contributed by atoms with Crippen molar-refractivity contribution in [2.75, 3.05) is 33.7 Å². The number of carbonyl (C=O) groups is 2. The molecule has 6 nitrogen and oxygen atoms in total. The largest absolute Gasteiger partial charge is 0.481 e. The number of amides is 2. The summed E-state index contributed by atoms with van der Waals surface area (Å²) in [6.07, 6.45) is 4.80. The molecule has 0 spiro atoms. The van der Waals surface area contributed by atoms with Gasteiger partial charge in [-0.1, -0.05) is 0 Å². The average molecular weight is 297 g/mol. The quantitative estimate of drug-likeness (QED) is 0.804. The normalized spacial score (nSPS) is 22.4. The van der Waals surface area contributed by atoms with Crippen LogP contribution < -0.4 is 5.32 Å². The van der Waals surface area contributed by atoms with Crippen molar-refractivity contribution in [2.45, 2.75) is 44.1 Å². The fraction of sp³-hybridized carbons (Fsp3) is 0.867. The third-order valence-corrected chi connectivity index (χ3v) is 4.89. The molecule has 0 unspecified atom stereocenters. The number of carboxylic acid groups (broad SMARTS) is 1. The van der Waals surface area contributed by atoms with Crippen LogP contribution in [0.15, 0.2) is 0 Å². The smallest absolute Gasteiger partial charge is 0.317 e. The molecule has 2 rings (SSSR count). The van der Waals surface area contributed by atoms with Crippen molar-refractivity contribution < 1.29 is 14.7 Å². The van der Waals surface area contributed by atoms with Crippen molar-refractivity contribution in [2.24, 2.45) is 5.92 Å². The number of nitrogens with one attached hydrogen (secondary N) is 1. The van der Waals surface area contributed by atoms with Crippen LogP contribution in [0.4, 0.5) is 4.79 Å². The Bertz CT molecular complexity index is 388. The molecule has 120 valence electrons. The molecule has 2 aliphatic rings. The van der Waals surface area contributed by atoms with E-state index in [1.54, 1.807) is 11.9 Å². The second kappa shape index (κ2) is 6.64. The van der Waals surface area contributed by atoms with E-state index >= 15 is 0 Å². The van der Waals surface area contributed by atoms with Crippen LogP contribution >= 0.6 is 0 Å². The Hall–Kier alpha value is -1.30. The molecule has 2 N–H and O–H groups in total. The first-order chi connectivity index (χ1) is 9.90. The van der Waals surface area contributed by atoms with Gasteiger partial charge in [0.25, 0.3) is 0 Å². The Morgan fingerprint density at radius 2 is 1.95 bits per heavy atom. The number of nitrogens with zero attached hydrogens (tertiary/aromatic N) is 2. The maximum Gasteiger partial charge on any atom is 0.317 e. The molecule has 1 saturated heterocycles. The van der Waals surface area contributed by atoms with Crippen LogP contribution in [0.5, 0.6) is 0 Å². The minimum Gasteiger partial charge on any atom is -0.481 e. The summed E-state index contributed by atoms with van der Waals surface area (Å²) in [7, 11) is 3.93. The zero-order valence-electron chi connectivity index (χ0n) is 13.1. The SMILES string of the molecule is CN1CCC(CN(C)C(=O)NC2(CC(=O)O)CCC2)CC1. The third-order valence-electron chi connectivity index (χ3n) is 4.89. The maximum atomic E-state index is 12.3. The Kier molecular flexibility index (Phi) is 5.08. The van der Waals surface area contributed by atoms with Crippen LogP contribution in [0.3, 0.4) is 0 Å². The first kappa shape index (κ1) is 16.1. The van der Waals surface area contributed by atoms with Gasteiger partial charge in [-0.2, -0.15) is 0 Å². The summed E-state index contributed by atoms with van der Waals surface area (Å²) < 4.78 is 0. The Balaban J connectivity index is 1.80. The number of rotatable bonds is 5. The van der Waals surface area contributed by atoms with Gasteiger partial charge in [-0.25, -0.2) is 4.79 Å². The Labute approximate surface area is 126 Å². The number of hydrogen-bond donors (Lipinski definition) is 2. The van der Waals surface area contributed by atoms with Gasteiger partial charge < -0.3 is 20.2 Å². The molecule has 2 amide bonds. The van der Waals surface area contributed by atoms with Gasteiger partial charge in [0, 0.05) is 13.6 Å². The van der Waals surface area contributed by atoms with Crippen molar-refractivity contribution in [1.29, 1.82) is 0 Å². The number of piperidine rings is 1. The van der Waals surface area contributed by atoms with Gasteiger partial charge >= 0.3 is 12.0 Å². The van der Waals surface area contributed by atoms with Crippen molar-refractivity contribution in [3.63, 3.8) is 0 Å². The third kappa shape index (κ3) is 4.33. The minimum atomic E-state index is -0.840. The highest BCUT2D eigenvalue weighted by atomic mass is 16.4. The second-order valence-corrected chi connectivity index (χ2v) is 6.76. The van der Waals surface area contributed by atoms with Crippen LogP contribution in [0.25, 0.3) is 0 Å². The van der Waals surface area contributed by atoms with Crippen LogP contribution in [-0.2, 0) is 4.79 Å². The lowest BCUT2D eigenvalue weighted by molar-refractivity contribution is -0.139. The van der Waals surface area contributed by atoms with Crippen molar-refractivity contribution >= 4 is 12.0 Å². The lowest BCUT2D eigenvalue weighted by Gasteiger charge is -2.42. The number of carboxylic acids is 1. The summed E-state index contributed by atoms with van der Waals surface area (Å²) in [5.41, 5.74) is -0.510. The van der Waals surface area contributed by atoms with Gasteiger partial charge in [-0.3, -0.25) is 4.79 Å². The molecule has 1 aliphatic carbocycles. The highest BCUT2D eigenvalue weighted by Gasteiger charge is 2.41. The summed E-state index contributed by atoms with van der Waals surface area (Å²) in [5.74, 6) is -0.290. The molecule has 0 atom stereocenters. The molecule has 2 fully saturated rings. The predicted molar refractivity (Wildman–Crippen MR) is 80.2 cm³/mol. The number of aliphatic carboxylic acids is 1. The highest BCUT2D eigenvalue weighted by Crippen LogP contribution is 2.35. The zero-order chi connectivity index (χ0) is 15.5. The highest BCUT2D eigenvalue weighted by molar-refractivity contribution is 5.77. The molecular formula is C15H27N3O3. The lowest BCUT2D eigenvalue weighted by atomic mass is 9.74. The topological polar surface area (TPSA) is 72.9 Å². The van der Waals surface area contributed by atoms with Gasteiger partial charge in [0.05, 0.1) is 12.0 Å². The van der Waals surface area contributed by atoms with E-state index in [0.29, 0.717) is 5.92 Å². The first-order valence-corrected chi connectivity index (χ1v) is 7.84. The van der Waals surface area contributed by atoms with E-state index in [1.807, 2.05) is 0 Å². The maximum absolute atomic E-state index is 12.3. The molecule has 21 heavy (non-hydrogen) atoms.